The lowest BCUT2D eigenvalue weighted by Gasteiger charge is -2.38. The fourth-order valence-electron chi connectivity index (χ4n) is 2.51. The molecule has 0 saturated heterocycles. The number of hydrogen-bond acceptors (Lipinski definition) is 2. The molecule has 1 saturated carbocycles. The monoisotopic (exact) mass is 270 g/mol. The molecule has 0 heterocycles. The van der Waals surface area contributed by atoms with E-state index in [2.05, 4.69) is 5.32 Å². The third-order valence-electron chi connectivity index (χ3n) is 4.50. The highest BCUT2D eigenvalue weighted by Crippen LogP contribution is 2.33. The summed E-state index contributed by atoms with van der Waals surface area (Å²) in [6, 6.07) is -0.171. The molecule has 0 aliphatic heterocycles. The molecule has 0 radical (unpaired) electrons. The topological polar surface area (TPSA) is 69.6 Å². The van der Waals surface area contributed by atoms with E-state index >= 15 is 0 Å². The van der Waals surface area contributed by atoms with Gasteiger partial charge in [-0.15, -0.1) is 0 Å². The Balaban J connectivity index is 2.75. The fourth-order valence-corrected chi connectivity index (χ4v) is 2.51. The van der Waals surface area contributed by atoms with E-state index in [4.69, 9.17) is 5.11 Å². The second kappa shape index (κ2) is 5.80. The summed E-state index contributed by atoms with van der Waals surface area (Å²) in [5, 5.41) is 12.0. The predicted octanol–water partition coefficient (Wildman–Crippen LogP) is 2.60. The number of nitrogens with one attached hydrogen (secondary N) is 1. The molecule has 0 aromatic carbocycles. The zero-order chi connectivity index (χ0) is 14.7. The van der Waals surface area contributed by atoms with Gasteiger partial charge < -0.3 is 15.3 Å². The second-order valence-corrected chi connectivity index (χ2v) is 6.21. The Hall–Kier alpha value is -1.26. The molecule has 0 aromatic rings. The lowest BCUT2D eigenvalue weighted by Crippen LogP contribution is -2.56. The third-order valence-corrected chi connectivity index (χ3v) is 4.50. The Kier molecular flexibility index (Phi) is 4.82. The predicted molar refractivity (Wildman–Crippen MR) is 74.1 cm³/mol. The highest BCUT2D eigenvalue weighted by molar-refractivity contribution is 5.77. The van der Waals surface area contributed by atoms with E-state index in [1.54, 1.807) is 11.9 Å². The average Bonchev–Trinajstić information content (AvgIpc) is 2.75. The molecule has 1 aliphatic carbocycles. The SMILES string of the molecule is CCC(C)(C)N(C)C(=O)NC1(CC(=O)O)CCCC1. The fraction of sp³-hybridized carbons (Fsp3) is 0.857. The molecule has 5 heteroatoms. The summed E-state index contributed by atoms with van der Waals surface area (Å²) in [5.74, 6) is -0.848. The van der Waals surface area contributed by atoms with Crippen molar-refractivity contribution < 1.29 is 14.7 Å². The molecular weight excluding hydrogens is 244 g/mol. The van der Waals surface area contributed by atoms with Gasteiger partial charge in [0.2, 0.25) is 0 Å². The van der Waals surface area contributed by atoms with Crippen LogP contribution < -0.4 is 5.32 Å². The van der Waals surface area contributed by atoms with Crippen LogP contribution >= 0.6 is 0 Å². The summed E-state index contributed by atoms with van der Waals surface area (Å²) >= 11 is 0. The highest BCUT2D eigenvalue weighted by atomic mass is 16.4. The Bertz CT molecular complexity index is 347. The van der Waals surface area contributed by atoms with Crippen LogP contribution in [0.2, 0.25) is 0 Å². The minimum atomic E-state index is -0.848. The second-order valence-electron chi connectivity index (χ2n) is 6.21. The molecule has 0 atom stereocenters. The molecule has 19 heavy (non-hydrogen) atoms. The Morgan fingerprint density at radius 3 is 2.26 bits per heavy atom. The number of carboxylic acid groups (broad SMARTS) is 1. The molecule has 110 valence electrons. The van der Waals surface area contributed by atoms with Gasteiger partial charge in [0.15, 0.2) is 0 Å². The van der Waals surface area contributed by atoms with Crippen molar-refractivity contribution in [3.8, 4) is 0 Å². The zero-order valence-electron chi connectivity index (χ0n) is 12.5. The maximum absolute atomic E-state index is 12.3. The van der Waals surface area contributed by atoms with E-state index in [0.29, 0.717) is 0 Å². The summed E-state index contributed by atoms with van der Waals surface area (Å²) in [6.45, 7) is 6.04. The van der Waals surface area contributed by atoms with Gasteiger partial charge >= 0.3 is 12.0 Å². The molecule has 1 rings (SSSR count). The summed E-state index contributed by atoms with van der Waals surface area (Å²) in [4.78, 5) is 25.0. The first-order valence-corrected chi connectivity index (χ1v) is 7.00. The summed E-state index contributed by atoms with van der Waals surface area (Å²) in [5.41, 5.74) is -0.784. The Morgan fingerprint density at radius 1 is 1.32 bits per heavy atom. The van der Waals surface area contributed by atoms with Crippen LogP contribution in [0.4, 0.5) is 4.79 Å². The maximum Gasteiger partial charge on any atom is 0.318 e. The van der Waals surface area contributed by atoms with Crippen molar-refractivity contribution in [3.05, 3.63) is 0 Å². The Labute approximate surface area is 115 Å². The van der Waals surface area contributed by atoms with Crippen LogP contribution in [0.1, 0.15) is 59.3 Å². The van der Waals surface area contributed by atoms with Gasteiger partial charge in [0.25, 0.3) is 0 Å². The number of nitrogens with zero attached hydrogens (tertiary/aromatic N) is 1. The van der Waals surface area contributed by atoms with Gasteiger partial charge in [-0.2, -0.15) is 0 Å². The minimum absolute atomic E-state index is 0.0130. The normalized spacial score (nSPS) is 18.1. The summed E-state index contributed by atoms with van der Waals surface area (Å²) in [7, 11) is 1.77. The molecule has 2 N–H and O–H groups in total. The molecule has 0 spiro atoms. The summed E-state index contributed by atoms with van der Waals surface area (Å²) < 4.78 is 0. The zero-order valence-corrected chi connectivity index (χ0v) is 12.5. The highest BCUT2D eigenvalue weighted by Gasteiger charge is 2.39. The molecule has 2 amide bonds. The van der Waals surface area contributed by atoms with Gasteiger partial charge in [-0.25, -0.2) is 4.79 Å². The van der Waals surface area contributed by atoms with E-state index < -0.39 is 11.5 Å². The van der Waals surface area contributed by atoms with Crippen LogP contribution in [0.15, 0.2) is 0 Å². The number of rotatable bonds is 5. The van der Waals surface area contributed by atoms with E-state index in [1.165, 1.54) is 0 Å². The lowest BCUT2D eigenvalue weighted by molar-refractivity contribution is -0.138. The van der Waals surface area contributed by atoms with Crippen LogP contribution in [0.3, 0.4) is 0 Å². The number of carbonyl (C=O) groups is 2. The van der Waals surface area contributed by atoms with Crippen molar-refractivity contribution in [3.63, 3.8) is 0 Å². The van der Waals surface area contributed by atoms with Gasteiger partial charge in [0.05, 0.1) is 12.0 Å². The number of aliphatic carboxylic acids is 1. The molecule has 5 nitrogen and oxygen atoms in total. The number of carboxylic acids is 1. The van der Waals surface area contributed by atoms with Crippen LogP contribution in [-0.2, 0) is 4.79 Å². The lowest BCUT2D eigenvalue weighted by atomic mass is 9.93. The average molecular weight is 270 g/mol. The first-order valence-electron chi connectivity index (χ1n) is 7.00. The van der Waals surface area contributed by atoms with Gasteiger partial charge in [-0.3, -0.25) is 4.79 Å². The van der Waals surface area contributed by atoms with Crippen LogP contribution in [-0.4, -0.2) is 40.1 Å². The van der Waals surface area contributed by atoms with Gasteiger partial charge in [0.1, 0.15) is 0 Å². The van der Waals surface area contributed by atoms with E-state index in [-0.39, 0.29) is 18.0 Å². The standard InChI is InChI=1S/C14H26N2O3/c1-5-13(2,3)16(4)12(19)15-14(10-11(17)18)8-6-7-9-14/h5-10H2,1-4H3,(H,15,19)(H,17,18). The Morgan fingerprint density at radius 2 is 1.84 bits per heavy atom. The first kappa shape index (κ1) is 15.8. The molecule has 1 aliphatic rings. The van der Waals surface area contributed by atoms with Crippen molar-refractivity contribution in [2.24, 2.45) is 0 Å². The van der Waals surface area contributed by atoms with Gasteiger partial charge in [-0.05, 0) is 33.1 Å². The number of carbonyl (C=O) groups excluding carboxylic acids is 1. The largest absolute Gasteiger partial charge is 0.481 e. The quantitative estimate of drug-likeness (QED) is 0.806. The molecule has 0 aromatic heterocycles. The molecule has 1 fully saturated rings. The number of urea groups is 1. The van der Waals surface area contributed by atoms with Crippen molar-refractivity contribution >= 4 is 12.0 Å². The van der Waals surface area contributed by atoms with Crippen molar-refractivity contribution in [2.45, 2.75) is 70.4 Å². The van der Waals surface area contributed by atoms with E-state index in [9.17, 15) is 9.59 Å². The van der Waals surface area contributed by atoms with Crippen molar-refractivity contribution in [1.82, 2.24) is 10.2 Å². The van der Waals surface area contributed by atoms with Crippen LogP contribution in [0.5, 0.6) is 0 Å². The molecule has 0 bridgehead atoms. The molecular formula is C14H26N2O3. The smallest absolute Gasteiger partial charge is 0.318 e. The van der Waals surface area contributed by atoms with E-state index in [1.807, 2.05) is 20.8 Å². The molecule has 0 unspecified atom stereocenters. The number of hydrogen-bond donors (Lipinski definition) is 2. The number of amides is 2. The van der Waals surface area contributed by atoms with Crippen LogP contribution in [0.25, 0.3) is 0 Å². The maximum atomic E-state index is 12.3. The van der Waals surface area contributed by atoms with Crippen molar-refractivity contribution in [1.29, 1.82) is 0 Å². The van der Waals surface area contributed by atoms with Gasteiger partial charge in [-0.1, -0.05) is 19.8 Å². The third kappa shape index (κ3) is 3.85. The van der Waals surface area contributed by atoms with Crippen molar-refractivity contribution in [2.75, 3.05) is 7.05 Å². The van der Waals surface area contributed by atoms with E-state index in [0.717, 1.165) is 32.1 Å². The van der Waals surface area contributed by atoms with Gasteiger partial charge in [0, 0.05) is 12.6 Å². The van der Waals surface area contributed by atoms with Crippen LogP contribution in [0, 0.1) is 0 Å². The minimum Gasteiger partial charge on any atom is -0.481 e. The summed E-state index contributed by atoms with van der Waals surface area (Å²) in [6.07, 6.45) is 4.34. The first-order chi connectivity index (χ1) is 8.72.